The van der Waals surface area contributed by atoms with Gasteiger partial charge in [-0.15, -0.1) is 0 Å². The van der Waals surface area contributed by atoms with E-state index in [0.29, 0.717) is 15.4 Å². The molecule has 0 atom stereocenters. The molecule has 2 aromatic rings. The summed E-state index contributed by atoms with van der Waals surface area (Å²) in [7, 11) is 2.53. The van der Waals surface area contributed by atoms with Crippen molar-refractivity contribution >= 4 is 54.7 Å². The Kier molecular flexibility index (Phi) is 4.39. The average molecular weight is 403 g/mol. The van der Waals surface area contributed by atoms with Crippen LogP contribution in [0.15, 0.2) is 27.1 Å². The molecule has 0 fully saturated rings. The first kappa shape index (κ1) is 14.9. The molecule has 5 nitrogen and oxygen atoms in total. The quantitative estimate of drug-likeness (QED) is 0.720. The predicted molar refractivity (Wildman–Crippen MR) is 79.8 cm³/mol. The van der Waals surface area contributed by atoms with Crippen LogP contribution < -0.4 is 0 Å². The minimum atomic E-state index is -0.619. The number of hydrogen-bond acceptors (Lipinski definition) is 5. The number of esters is 2. The summed E-state index contributed by atoms with van der Waals surface area (Å²) in [5.74, 6) is -1.17. The topological polar surface area (TPSA) is 65.5 Å². The molecular weight excluding hydrogens is 394 g/mol. The van der Waals surface area contributed by atoms with E-state index in [1.807, 2.05) is 0 Å². The Morgan fingerprint density at radius 3 is 2.30 bits per heavy atom. The molecule has 0 unspecified atom stereocenters. The van der Waals surface area contributed by atoms with Gasteiger partial charge < -0.3 is 9.47 Å². The fourth-order valence-electron chi connectivity index (χ4n) is 1.74. The van der Waals surface area contributed by atoms with Crippen LogP contribution in [0.4, 0.5) is 0 Å². The van der Waals surface area contributed by atoms with Gasteiger partial charge in [-0.2, -0.15) is 0 Å². The van der Waals surface area contributed by atoms with Crippen molar-refractivity contribution in [3.63, 3.8) is 0 Å². The Labute approximate surface area is 131 Å². The lowest BCUT2D eigenvalue weighted by Crippen LogP contribution is -2.10. The van der Waals surface area contributed by atoms with Crippen LogP contribution in [-0.4, -0.2) is 31.1 Å². The van der Waals surface area contributed by atoms with Crippen LogP contribution in [0.25, 0.3) is 10.9 Å². The second-order valence-electron chi connectivity index (χ2n) is 3.82. The van der Waals surface area contributed by atoms with E-state index in [2.05, 4.69) is 41.6 Å². The summed E-state index contributed by atoms with van der Waals surface area (Å²) in [4.78, 5) is 27.7. The Morgan fingerprint density at radius 2 is 1.70 bits per heavy atom. The minimum Gasteiger partial charge on any atom is -0.465 e. The zero-order chi connectivity index (χ0) is 14.9. The molecule has 0 N–H and O–H groups in total. The third-order valence-electron chi connectivity index (χ3n) is 2.63. The monoisotopic (exact) mass is 401 g/mol. The second kappa shape index (κ2) is 5.88. The Hall–Kier alpha value is -1.47. The molecule has 1 heterocycles. The first-order chi connectivity index (χ1) is 9.47. The van der Waals surface area contributed by atoms with Gasteiger partial charge in [0.2, 0.25) is 0 Å². The smallest absolute Gasteiger partial charge is 0.356 e. The zero-order valence-corrected chi connectivity index (χ0v) is 13.7. The predicted octanol–water partition coefficient (Wildman–Crippen LogP) is 3.33. The van der Waals surface area contributed by atoms with Crippen LogP contribution in [0.5, 0.6) is 0 Å². The Morgan fingerprint density at radius 1 is 1.05 bits per heavy atom. The van der Waals surface area contributed by atoms with Crippen molar-refractivity contribution in [2.45, 2.75) is 0 Å². The summed E-state index contributed by atoms with van der Waals surface area (Å²) in [6, 6.07) is 4.87. The van der Waals surface area contributed by atoms with E-state index in [4.69, 9.17) is 4.74 Å². The van der Waals surface area contributed by atoms with Gasteiger partial charge in [-0.3, -0.25) is 0 Å². The van der Waals surface area contributed by atoms with Crippen molar-refractivity contribution in [3.8, 4) is 0 Å². The van der Waals surface area contributed by atoms with Crippen molar-refractivity contribution in [1.82, 2.24) is 4.98 Å². The second-order valence-corrected chi connectivity index (χ2v) is 5.59. The number of aromatic nitrogens is 1. The highest BCUT2D eigenvalue weighted by Crippen LogP contribution is 2.30. The van der Waals surface area contributed by atoms with E-state index in [1.165, 1.54) is 20.3 Å². The number of carbonyl (C=O) groups excluding carboxylic acids is 2. The van der Waals surface area contributed by atoms with Gasteiger partial charge in [0.25, 0.3) is 0 Å². The van der Waals surface area contributed by atoms with Gasteiger partial charge in [-0.25, -0.2) is 14.6 Å². The van der Waals surface area contributed by atoms with Gasteiger partial charge in [0.15, 0.2) is 0 Å². The molecule has 2 rings (SSSR count). The lowest BCUT2D eigenvalue weighted by molar-refractivity contribution is 0.0594. The lowest BCUT2D eigenvalue weighted by atomic mass is 10.1. The molecule has 0 bridgehead atoms. The van der Waals surface area contributed by atoms with Crippen LogP contribution in [0.1, 0.15) is 20.8 Å². The summed E-state index contributed by atoms with van der Waals surface area (Å²) in [5.41, 5.74) is 0.778. The summed E-state index contributed by atoms with van der Waals surface area (Å²) < 4.78 is 10.8. The van der Waals surface area contributed by atoms with Gasteiger partial charge in [0.05, 0.1) is 25.3 Å². The van der Waals surface area contributed by atoms with Crippen LogP contribution in [0, 0.1) is 0 Å². The summed E-state index contributed by atoms with van der Waals surface area (Å²) in [6.07, 6.45) is 0. The average Bonchev–Trinajstić information content (AvgIpc) is 2.44. The van der Waals surface area contributed by atoms with Gasteiger partial charge >= 0.3 is 11.9 Å². The fraction of sp³-hybridized carbons (Fsp3) is 0.154. The van der Waals surface area contributed by atoms with E-state index >= 15 is 0 Å². The molecule has 20 heavy (non-hydrogen) atoms. The summed E-state index contributed by atoms with van der Waals surface area (Å²) in [6.45, 7) is 0. The van der Waals surface area contributed by atoms with Crippen molar-refractivity contribution in [1.29, 1.82) is 0 Å². The zero-order valence-electron chi connectivity index (χ0n) is 10.6. The number of methoxy groups -OCH3 is 2. The summed E-state index contributed by atoms with van der Waals surface area (Å²) >= 11 is 6.71. The molecule has 7 heteroatoms. The molecule has 0 aliphatic heterocycles. The van der Waals surface area contributed by atoms with Crippen LogP contribution in [0.3, 0.4) is 0 Å². The van der Waals surface area contributed by atoms with Crippen molar-refractivity contribution in [2.24, 2.45) is 0 Å². The van der Waals surface area contributed by atoms with Crippen molar-refractivity contribution < 1.29 is 19.1 Å². The van der Waals surface area contributed by atoms with Crippen molar-refractivity contribution in [2.75, 3.05) is 14.2 Å². The van der Waals surface area contributed by atoms with E-state index < -0.39 is 11.9 Å². The standard InChI is InChI=1S/C13H9Br2NO4/c1-19-12(17)8-5-10(13(18)20-2)16-11-7(8)3-6(14)4-9(11)15/h3-5H,1-2H3. The van der Waals surface area contributed by atoms with Gasteiger partial charge in [-0.1, -0.05) is 15.9 Å². The molecule has 0 saturated heterocycles. The van der Waals surface area contributed by atoms with E-state index in [9.17, 15) is 9.59 Å². The van der Waals surface area contributed by atoms with E-state index in [1.54, 1.807) is 12.1 Å². The van der Waals surface area contributed by atoms with E-state index in [0.717, 1.165) is 4.47 Å². The number of nitrogens with zero attached hydrogens (tertiary/aromatic N) is 1. The molecule has 0 saturated carbocycles. The third-order valence-corrected chi connectivity index (χ3v) is 3.69. The van der Waals surface area contributed by atoms with Crippen LogP contribution in [0.2, 0.25) is 0 Å². The molecule has 104 valence electrons. The molecule has 0 radical (unpaired) electrons. The van der Waals surface area contributed by atoms with Gasteiger partial charge in [-0.05, 0) is 34.1 Å². The molecular formula is C13H9Br2NO4. The number of halogens is 2. The molecule has 0 aliphatic carbocycles. The Bertz CT molecular complexity index is 715. The fourth-order valence-corrected chi connectivity index (χ4v) is 3.05. The maximum atomic E-state index is 11.9. The first-order valence-corrected chi connectivity index (χ1v) is 7.03. The number of benzene rings is 1. The molecule has 1 aromatic carbocycles. The number of hydrogen-bond donors (Lipinski definition) is 0. The highest BCUT2D eigenvalue weighted by atomic mass is 79.9. The highest BCUT2D eigenvalue weighted by molar-refractivity contribution is 9.11. The van der Waals surface area contributed by atoms with Crippen molar-refractivity contribution in [3.05, 3.63) is 38.4 Å². The van der Waals surface area contributed by atoms with Gasteiger partial charge in [0.1, 0.15) is 5.69 Å². The van der Waals surface area contributed by atoms with Crippen LogP contribution >= 0.6 is 31.9 Å². The normalized spacial score (nSPS) is 10.4. The van der Waals surface area contributed by atoms with E-state index in [-0.39, 0.29) is 11.3 Å². The highest BCUT2D eigenvalue weighted by Gasteiger charge is 2.19. The maximum absolute atomic E-state index is 11.9. The Balaban J connectivity index is 2.85. The molecule has 0 spiro atoms. The summed E-state index contributed by atoms with van der Waals surface area (Å²) in [5, 5.41) is 0.575. The van der Waals surface area contributed by atoms with Gasteiger partial charge in [0, 0.05) is 14.3 Å². The number of pyridine rings is 1. The number of fused-ring (bicyclic) bond motifs is 1. The largest absolute Gasteiger partial charge is 0.465 e. The molecule has 1 aromatic heterocycles. The first-order valence-electron chi connectivity index (χ1n) is 5.44. The SMILES string of the molecule is COC(=O)c1cc(C(=O)OC)c2cc(Br)cc(Br)c2n1. The number of ether oxygens (including phenoxy) is 2. The minimum absolute atomic E-state index is 0.0448. The molecule has 0 amide bonds. The third kappa shape index (κ3) is 2.69. The lowest BCUT2D eigenvalue weighted by Gasteiger charge is -2.09. The molecule has 0 aliphatic rings. The number of carbonyl (C=O) groups is 2. The van der Waals surface area contributed by atoms with Crippen LogP contribution in [-0.2, 0) is 9.47 Å². The number of rotatable bonds is 2. The maximum Gasteiger partial charge on any atom is 0.356 e.